The number of benzene rings is 1. The third-order valence-electron chi connectivity index (χ3n) is 4.49. The van der Waals surface area contributed by atoms with Gasteiger partial charge in [-0.2, -0.15) is 36.5 Å². The van der Waals surface area contributed by atoms with E-state index in [-0.39, 0.29) is 23.3 Å². The van der Waals surface area contributed by atoms with E-state index in [1.54, 1.807) is 0 Å². The summed E-state index contributed by atoms with van der Waals surface area (Å²) < 4.78 is 79.2. The molecule has 11 heteroatoms. The van der Waals surface area contributed by atoms with Gasteiger partial charge < -0.3 is 0 Å². The number of fused-ring (bicyclic) bond motifs is 1. The van der Waals surface area contributed by atoms with E-state index in [0.717, 1.165) is 18.3 Å². The van der Waals surface area contributed by atoms with Crippen molar-refractivity contribution >= 4 is 11.6 Å². The Morgan fingerprint density at radius 1 is 1.04 bits per heavy atom. The standard InChI is InChI=1S/C16H10F6N4O/c17-15(18,19)10-5-7(13-8-6-9(8)14(27)24-23-13)1-2-11(10)26-4-3-12(25-26)16(20,21)22/h1-5,8-9H,6H2,(H,24,27)/t8-,9+/m1/s1. The fourth-order valence-corrected chi connectivity index (χ4v) is 3.08. The minimum atomic E-state index is -4.82. The number of rotatable bonds is 2. The van der Waals surface area contributed by atoms with Crippen LogP contribution in [-0.4, -0.2) is 21.4 Å². The second kappa shape index (κ2) is 5.57. The predicted octanol–water partition coefficient (Wildman–Crippen LogP) is 3.38. The van der Waals surface area contributed by atoms with E-state index in [2.05, 4.69) is 15.6 Å². The number of carbonyl (C=O) groups excluding carboxylic acids is 1. The van der Waals surface area contributed by atoms with Crippen molar-refractivity contribution < 1.29 is 31.1 Å². The minimum absolute atomic E-state index is 0.154. The zero-order valence-corrected chi connectivity index (χ0v) is 13.3. The molecular weight excluding hydrogens is 378 g/mol. The molecule has 1 saturated carbocycles. The lowest BCUT2D eigenvalue weighted by Gasteiger charge is -2.17. The van der Waals surface area contributed by atoms with Crippen LogP contribution in [0.4, 0.5) is 26.3 Å². The van der Waals surface area contributed by atoms with Gasteiger partial charge >= 0.3 is 12.4 Å². The van der Waals surface area contributed by atoms with Crippen molar-refractivity contribution in [3.05, 3.63) is 47.3 Å². The molecular formula is C16H10F6N4O. The number of carbonyl (C=O) groups is 1. The number of nitrogens with one attached hydrogen (secondary N) is 1. The van der Waals surface area contributed by atoms with Crippen LogP contribution in [0.3, 0.4) is 0 Å². The van der Waals surface area contributed by atoms with Crippen molar-refractivity contribution in [2.45, 2.75) is 18.8 Å². The Balaban J connectivity index is 1.77. The topological polar surface area (TPSA) is 59.3 Å². The molecule has 1 aliphatic carbocycles. The molecule has 0 spiro atoms. The lowest BCUT2D eigenvalue weighted by atomic mass is 10.00. The van der Waals surface area contributed by atoms with Gasteiger partial charge in [0, 0.05) is 18.0 Å². The molecule has 2 aliphatic rings. The van der Waals surface area contributed by atoms with Crippen molar-refractivity contribution in [2.24, 2.45) is 16.9 Å². The van der Waals surface area contributed by atoms with Gasteiger partial charge in [0.05, 0.1) is 17.0 Å². The van der Waals surface area contributed by atoms with Crippen molar-refractivity contribution in [2.75, 3.05) is 0 Å². The first kappa shape index (κ1) is 17.6. The summed E-state index contributed by atoms with van der Waals surface area (Å²) in [5.41, 5.74) is -0.216. The van der Waals surface area contributed by atoms with Crippen molar-refractivity contribution in [3.8, 4) is 5.69 Å². The molecule has 2 atom stereocenters. The third-order valence-corrected chi connectivity index (χ3v) is 4.49. The molecule has 2 aromatic rings. The van der Waals surface area contributed by atoms with Gasteiger partial charge in [0.2, 0.25) is 5.91 Å². The lowest BCUT2D eigenvalue weighted by molar-refractivity contribution is -0.141. The summed E-state index contributed by atoms with van der Waals surface area (Å²) in [5, 5.41) is 7.05. The summed E-state index contributed by atoms with van der Waals surface area (Å²) in [6.45, 7) is 0. The van der Waals surface area contributed by atoms with Gasteiger partial charge in [-0.15, -0.1) is 0 Å². The quantitative estimate of drug-likeness (QED) is 0.802. The largest absolute Gasteiger partial charge is 0.435 e. The van der Waals surface area contributed by atoms with E-state index in [9.17, 15) is 31.1 Å². The Kier molecular flexibility index (Phi) is 3.62. The molecule has 0 bridgehead atoms. The smallest absolute Gasteiger partial charge is 0.273 e. The number of hydrazone groups is 1. The first-order valence-corrected chi connectivity index (χ1v) is 7.78. The molecule has 0 radical (unpaired) electrons. The zero-order chi connectivity index (χ0) is 19.6. The maximum absolute atomic E-state index is 13.5. The van der Waals surface area contributed by atoms with Crippen molar-refractivity contribution in [1.82, 2.24) is 15.2 Å². The Labute approximate surface area is 147 Å². The normalized spacial score (nSPS) is 22.1. The summed E-state index contributed by atoms with van der Waals surface area (Å²) in [7, 11) is 0. The van der Waals surface area contributed by atoms with Gasteiger partial charge in [0.1, 0.15) is 0 Å². The number of hydrogen-bond donors (Lipinski definition) is 1. The molecule has 1 N–H and O–H groups in total. The van der Waals surface area contributed by atoms with E-state index < -0.39 is 29.3 Å². The van der Waals surface area contributed by atoms with Gasteiger partial charge in [0.25, 0.3) is 0 Å². The molecule has 0 saturated heterocycles. The van der Waals surface area contributed by atoms with Crippen molar-refractivity contribution in [1.29, 1.82) is 0 Å². The molecule has 1 fully saturated rings. The summed E-state index contributed by atoms with van der Waals surface area (Å²) in [6, 6.07) is 3.78. The molecule has 1 aromatic carbocycles. The second-order valence-corrected chi connectivity index (χ2v) is 6.29. The van der Waals surface area contributed by atoms with E-state index in [0.29, 0.717) is 22.9 Å². The highest BCUT2D eigenvalue weighted by Gasteiger charge is 2.49. The number of nitrogens with zero attached hydrogens (tertiary/aromatic N) is 3. The molecule has 0 unspecified atom stereocenters. The Morgan fingerprint density at radius 2 is 1.78 bits per heavy atom. The lowest BCUT2D eigenvalue weighted by Crippen LogP contribution is -2.29. The molecule has 5 nitrogen and oxygen atoms in total. The average molecular weight is 388 g/mol. The molecule has 142 valence electrons. The Hall–Kier alpha value is -2.85. The van der Waals surface area contributed by atoms with Crippen LogP contribution < -0.4 is 5.43 Å². The van der Waals surface area contributed by atoms with Crippen LogP contribution in [0.2, 0.25) is 0 Å². The minimum Gasteiger partial charge on any atom is -0.273 e. The maximum Gasteiger partial charge on any atom is 0.435 e. The molecule has 2 heterocycles. The van der Waals surface area contributed by atoms with Crippen LogP contribution >= 0.6 is 0 Å². The number of aromatic nitrogens is 2. The van der Waals surface area contributed by atoms with Crippen molar-refractivity contribution in [3.63, 3.8) is 0 Å². The summed E-state index contributed by atoms with van der Waals surface area (Å²) >= 11 is 0. The second-order valence-electron chi connectivity index (χ2n) is 6.29. The van der Waals surface area contributed by atoms with Crippen LogP contribution in [0.5, 0.6) is 0 Å². The Morgan fingerprint density at radius 3 is 2.41 bits per heavy atom. The number of alkyl halides is 6. The fraction of sp³-hybridized carbons (Fsp3) is 0.312. The molecule has 1 amide bonds. The van der Waals surface area contributed by atoms with E-state index in [4.69, 9.17) is 0 Å². The predicted molar refractivity (Wildman–Crippen MR) is 79.8 cm³/mol. The van der Waals surface area contributed by atoms with Gasteiger partial charge in [-0.1, -0.05) is 6.07 Å². The van der Waals surface area contributed by atoms with Gasteiger partial charge in [-0.25, -0.2) is 10.1 Å². The number of halogens is 6. The molecule has 27 heavy (non-hydrogen) atoms. The fourth-order valence-electron chi connectivity index (χ4n) is 3.08. The average Bonchev–Trinajstić information content (AvgIpc) is 3.22. The van der Waals surface area contributed by atoms with Gasteiger partial charge in [0.15, 0.2) is 5.69 Å². The number of amides is 1. The van der Waals surface area contributed by atoms with Crippen LogP contribution in [-0.2, 0) is 17.1 Å². The van der Waals surface area contributed by atoms with Crippen LogP contribution in [0, 0.1) is 11.8 Å². The molecule has 1 aliphatic heterocycles. The summed E-state index contributed by atoms with van der Waals surface area (Å²) in [6.07, 6.45) is -8.26. The van der Waals surface area contributed by atoms with E-state index in [1.807, 2.05) is 0 Å². The monoisotopic (exact) mass is 388 g/mol. The van der Waals surface area contributed by atoms with Crippen LogP contribution in [0.1, 0.15) is 23.2 Å². The third kappa shape index (κ3) is 3.06. The first-order valence-electron chi connectivity index (χ1n) is 7.78. The Bertz CT molecular complexity index is 959. The SMILES string of the molecule is O=C1NN=C(c2ccc(-n3ccc(C(F)(F)F)n3)c(C(F)(F)F)c2)[C@@H]2C[C@H]12. The van der Waals surface area contributed by atoms with Crippen LogP contribution in [0.25, 0.3) is 5.69 Å². The summed E-state index contributed by atoms with van der Waals surface area (Å²) in [4.78, 5) is 11.5. The summed E-state index contributed by atoms with van der Waals surface area (Å²) in [5.74, 6) is -0.813. The number of hydrogen-bond acceptors (Lipinski definition) is 3. The highest BCUT2D eigenvalue weighted by molar-refractivity contribution is 6.09. The highest BCUT2D eigenvalue weighted by atomic mass is 19.4. The van der Waals surface area contributed by atoms with Gasteiger partial charge in [-0.3, -0.25) is 4.79 Å². The van der Waals surface area contributed by atoms with Gasteiger partial charge in [-0.05, 0) is 30.2 Å². The van der Waals surface area contributed by atoms with E-state index >= 15 is 0 Å². The first-order chi connectivity index (χ1) is 12.6. The molecule has 1 aromatic heterocycles. The highest BCUT2D eigenvalue weighted by Crippen LogP contribution is 2.44. The van der Waals surface area contributed by atoms with Crippen LogP contribution in [0.15, 0.2) is 35.6 Å². The maximum atomic E-state index is 13.5. The molecule has 4 rings (SSSR count). The zero-order valence-electron chi connectivity index (χ0n) is 13.3. The van der Waals surface area contributed by atoms with E-state index in [1.165, 1.54) is 6.07 Å².